The molecule has 0 saturated heterocycles. The summed E-state index contributed by atoms with van der Waals surface area (Å²) in [4.78, 5) is 2.51. The summed E-state index contributed by atoms with van der Waals surface area (Å²) in [5.74, 6) is 1.89. The zero-order valence-corrected chi connectivity index (χ0v) is 13.4. The first-order valence-corrected chi connectivity index (χ1v) is 8.70. The summed E-state index contributed by atoms with van der Waals surface area (Å²) in [5.41, 5.74) is 6.30. The highest BCUT2D eigenvalue weighted by molar-refractivity contribution is 9.11. The quantitative estimate of drug-likeness (QED) is 0.905. The normalized spacial score (nSPS) is 19.6. The highest BCUT2D eigenvalue weighted by Crippen LogP contribution is 2.36. The molecule has 0 radical (unpaired) electrons. The van der Waals surface area contributed by atoms with Crippen LogP contribution in [-0.4, -0.2) is 17.9 Å². The van der Waals surface area contributed by atoms with Gasteiger partial charge in [-0.15, -0.1) is 23.1 Å². The maximum atomic E-state index is 6.30. The van der Waals surface area contributed by atoms with E-state index in [2.05, 4.69) is 34.1 Å². The van der Waals surface area contributed by atoms with Gasteiger partial charge in [0, 0.05) is 28.0 Å². The van der Waals surface area contributed by atoms with Crippen LogP contribution in [-0.2, 0) is 6.42 Å². The number of thiophene rings is 1. The third-order valence-corrected chi connectivity index (χ3v) is 5.86. The van der Waals surface area contributed by atoms with Crippen LogP contribution in [0.1, 0.15) is 4.88 Å². The Morgan fingerprint density at radius 3 is 2.95 bits per heavy atom. The Labute approximate surface area is 129 Å². The first-order valence-electron chi connectivity index (χ1n) is 6.10. The fourth-order valence-corrected chi connectivity index (χ4v) is 4.72. The van der Waals surface area contributed by atoms with Crippen LogP contribution in [0.15, 0.2) is 45.1 Å². The number of nitrogens with two attached hydrogens (primary N) is 1. The molecule has 3 rings (SSSR count). The summed E-state index contributed by atoms with van der Waals surface area (Å²) in [5, 5.41) is 0. The van der Waals surface area contributed by atoms with Gasteiger partial charge in [-0.1, -0.05) is 12.1 Å². The SMILES string of the molecule is NC(Cc1ccc(Br)s1)C1CSc2ccccc2O1. The first-order chi connectivity index (χ1) is 9.22. The summed E-state index contributed by atoms with van der Waals surface area (Å²) in [6.45, 7) is 0. The largest absolute Gasteiger partial charge is 0.487 e. The van der Waals surface area contributed by atoms with Gasteiger partial charge < -0.3 is 10.5 Å². The molecule has 2 nitrogen and oxygen atoms in total. The molecule has 1 aliphatic rings. The van der Waals surface area contributed by atoms with Crippen molar-refractivity contribution in [3.63, 3.8) is 0 Å². The van der Waals surface area contributed by atoms with Gasteiger partial charge in [0.2, 0.25) is 0 Å². The molecule has 0 fully saturated rings. The van der Waals surface area contributed by atoms with Crippen molar-refractivity contribution >= 4 is 39.0 Å². The molecule has 2 aromatic rings. The number of benzene rings is 1. The number of thioether (sulfide) groups is 1. The van der Waals surface area contributed by atoms with Crippen molar-refractivity contribution in [1.82, 2.24) is 0 Å². The van der Waals surface area contributed by atoms with Crippen LogP contribution >= 0.6 is 39.0 Å². The number of rotatable bonds is 3. The maximum absolute atomic E-state index is 6.30. The van der Waals surface area contributed by atoms with Gasteiger partial charge in [-0.25, -0.2) is 0 Å². The molecule has 0 amide bonds. The van der Waals surface area contributed by atoms with E-state index in [1.807, 2.05) is 30.0 Å². The monoisotopic (exact) mass is 355 g/mol. The van der Waals surface area contributed by atoms with Crippen LogP contribution in [0.5, 0.6) is 5.75 Å². The van der Waals surface area contributed by atoms with Crippen molar-refractivity contribution in [2.24, 2.45) is 5.73 Å². The van der Waals surface area contributed by atoms with E-state index in [0.29, 0.717) is 0 Å². The number of hydrogen-bond donors (Lipinski definition) is 1. The van der Waals surface area contributed by atoms with Crippen molar-refractivity contribution in [2.75, 3.05) is 5.75 Å². The number of hydrogen-bond acceptors (Lipinski definition) is 4. The van der Waals surface area contributed by atoms with Gasteiger partial charge >= 0.3 is 0 Å². The van der Waals surface area contributed by atoms with Crippen molar-refractivity contribution in [3.8, 4) is 5.75 Å². The van der Waals surface area contributed by atoms with E-state index in [-0.39, 0.29) is 12.1 Å². The minimum absolute atomic E-state index is 0.0337. The topological polar surface area (TPSA) is 35.2 Å². The zero-order chi connectivity index (χ0) is 13.2. The summed E-state index contributed by atoms with van der Waals surface area (Å²) in [6.07, 6.45) is 0.949. The van der Waals surface area contributed by atoms with E-state index in [1.54, 1.807) is 11.3 Å². The molecule has 1 aliphatic heterocycles. The summed E-state index contributed by atoms with van der Waals surface area (Å²) in [6, 6.07) is 12.4. The van der Waals surface area contributed by atoms with Gasteiger partial charge in [-0.2, -0.15) is 0 Å². The van der Waals surface area contributed by atoms with E-state index < -0.39 is 0 Å². The molecule has 5 heteroatoms. The Balaban J connectivity index is 1.67. The van der Waals surface area contributed by atoms with E-state index in [0.717, 1.165) is 21.7 Å². The highest BCUT2D eigenvalue weighted by atomic mass is 79.9. The average molecular weight is 356 g/mol. The van der Waals surface area contributed by atoms with Crippen molar-refractivity contribution in [1.29, 1.82) is 0 Å². The van der Waals surface area contributed by atoms with Crippen molar-refractivity contribution in [3.05, 3.63) is 45.1 Å². The standard InChI is InChI=1S/C14H14BrNOS2/c15-14-6-5-9(19-14)7-10(16)12-8-18-13-4-2-1-3-11(13)17-12/h1-6,10,12H,7-8,16H2. The highest BCUT2D eigenvalue weighted by Gasteiger charge is 2.26. The zero-order valence-electron chi connectivity index (χ0n) is 10.2. The molecule has 2 N–H and O–H groups in total. The third kappa shape index (κ3) is 3.16. The molecule has 1 aromatic carbocycles. The van der Waals surface area contributed by atoms with Crippen LogP contribution in [0.4, 0.5) is 0 Å². The van der Waals surface area contributed by atoms with Gasteiger partial charge in [-0.3, -0.25) is 0 Å². The molecule has 0 aliphatic carbocycles. The number of ether oxygens (including phenoxy) is 1. The number of para-hydroxylation sites is 1. The molecule has 2 heterocycles. The van der Waals surface area contributed by atoms with Crippen LogP contribution in [0.25, 0.3) is 0 Å². The molecule has 0 bridgehead atoms. The Bertz CT molecular complexity index is 572. The molecular formula is C14H14BrNOS2. The molecule has 2 atom stereocenters. The Hall–Kier alpha value is -0.490. The molecule has 2 unspecified atom stereocenters. The molecule has 19 heavy (non-hydrogen) atoms. The predicted octanol–water partition coefficient (Wildman–Crippen LogP) is 3.93. The van der Waals surface area contributed by atoms with Gasteiger partial charge in [0.25, 0.3) is 0 Å². The smallest absolute Gasteiger partial charge is 0.133 e. The lowest BCUT2D eigenvalue weighted by Gasteiger charge is -2.29. The second kappa shape index (κ2) is 5.87. The van der Waals surface area contributed by atoms with Gasteiger partial charge in [-0.05, 0) is 40.2 Å². The second-order valence-electron chi connectivity index (χ2n) is 4.49. The molecule has 0 saturated carbocycles. The molecule has 100 valence electrons. The van der Waals surface area contributed by atoms with Gasteiger partial charge in [0.15, 0.2) is 0 Å². The Kier molecular flexibility index (Phi) is 4.17. The number of halogens is 1. The van der Waals surface area contributed by atoms with E-state index in [4.69, 9.17) is 10.5 Å². The third-order valence-electron chi connectivity index (χ3n) is 3.07. The Morgan fingerprint density at radius 1 is 1.32 bits per heavy atom. The van der Waals surface area contributed by atoms with Gasteiger partial charge in [0.05, 0.1) is 3.79 Å². The molecular weight excluding hydrogens is 342 g/mol. The van der Waals surface area contributed by atoms with Gasteiger partial charge in [0.1, 0.15) is 11.9 Å². The van der Waals surface area contributed by atoms with Crippen LogP contribution in [0.3, 0.4) is 0 Å². The minimum Gasteiger partial charge on any atom is -0.487 e. The lowest BCUT2D eigenvalue weighted by Crippen LogP contribution is -2.43. The Morgan fingerprint density at radius 2 is 2.16 bits per heavy atom. The first kappa shape index (κ1) is 13.5. The summed E-state index contributed by atoms with van der Waals surface area (Å²) >= 11 is 7.05. The fourth-order valence-electron chi connectivity index (χ4n) is 2.07. The van der Waals surface area contributed by atoms with Crippen molar-refractivity contribution < 1.29 is 4.74 Å². The van der Waals surface area contributed by atoms with Crippen LogP contribution < -0.4 is 10.5 Å². The van der Waals surface area contributed by atoms with Crippen LogP contribution in [0.2, 0.25) is 0 Å². The summed E-state index contributed by atoms with van der Waals surface area (Å²) in [7, 11) is 0. The number of fused-ring (bicyclic) bond motifs is 1. The van der Waals surface area contributed by atoms with Crippen molar-refractivity contribution in [2.45, 2.75) is 23.5 Å². The maximum Gasteiger partial charge on any atom is 0.133 e. The van der Waals surface area contributed by atoms with E-state index >= 15 is 0 Å². The van der Waals surface area contributed by atoms with Crippen LogP contribution in [0, 0.1) is 0 Å². The lowest BCUT2D eigenvalue weighted by molar-refractivity contribution is 0.184. The minimum atomic E-state index is 0.0337. The predicted molar refractivity (Wildman–Crippen MR) is 85.3 cm³/mol. The van der Waals surface area contributed by atoms with E-state index in [1.165, 1.54) is 9.77 Å². The molecule has 1 aromatic heterocycles. The molecule has 0 spiro atoms. The average Bonchev–Trinajstić information content (AvgIpc) is 2.83. The summed E-state index contributed by atoms with van der Waals surface area (Å²) < 4.78 is 7.17. The van der Waals surface area contributed by atoms with E-state index in [9.17, 15) is 0 Å². The lowest BCUT2D eigenvalue weighted by atomic mass is 10.1. The second-order valence-corrected chi connectivity index (χ2v) is 8.10. The fraction of sp³-hybridized carbons (Fsp3) is 0.286.